The lowest BCUT2D eigenvalue weighted by molar-refractivity contribution is -0.125. The second-order valence-corrected chi connectivity index (χ2v) is 9.88. The maximum Gasteiger partial charge on any atom is 0.268 e. The van der Waals surface area contributed by atoms with E-state index in [1.165, 1.54) is 28.6 Å². The van der Waals surface area contributed by atoms with Crippen LogP contribution in [-0.2, 0) is 19.7 Å². The molecular formula is C22H24FN3O4S. The van der Waals surface area contributed by atoms with E-state index < -0.39 is 22.0 Å². The van der Waals surface area contributed by atoms with Crippen LogP contribution in [0.1, 0.15) is 31.7 Å². The van der Waals surface area contributed by atoms with E-state index in [4.69, 9.17) is 4.84 Å². The number of rotatable bonds is 5. The minimum Gasteiger partial charge on any atom is -0.382 e. The molecule has 0 saturated carbocycles. The summed E-state index contributed by atoms with van der Waals surface area (Å²) in [5.41, 5.74) is 1.52. The number of nitrogens with zero attached hydrogens (tertiary/aromatic N) is 2. The predicted molar refractivity (Wildman–Crippen MR) is 115 cm³/mol. The van der Waals surface area contributed by atoms with Gasteiger partial charge in [0.2, 0.25) is 16.1 Å². The number of anilines is 1. The van der Waals surface area contributed by atoms with Gasteiger partial charge >= 0.3 is 0 Å². The number of piperidine rings is 1. The minimum atomic E-state index is -3.54. The van der Waals surface area contributed by atoms with Crippen LogP contribution in [0.25, 0.3) is 0 Å². The first-order chi connectivity index (χ1) is 14.8. The summed E-state index contributed by atoms with van der Waals surface area (Å²) >= 11 is 0. The highest BCUT2D eigenvalue weighted by molar-refractivity contribution is 7.89. The average Bonchev–Trinajstić information content (AvgIpc) is 3.25. The number of carbonyl (C=O) groups excluding carboxylic acids is 1. The molecule has 0 bridgehead atoms. The third kappa shape index (κ3) is 4.77. The Kier molecular flexibility index (Phi) is 6.06. The first kappa shape index (κ1) is 21.5. The van der Waals surface area contributed by atoms with Crippen LogP contribution in [0.4, 0.5) is 10.1 Å². The van der Waals surface area contributed by atoms with E-state index in [2.05, 4.69) is 17.4 Å². The van der Waals surface area contributed by atoms with Crippen molar-refractivity contribution >= 4 is 27.3 Å². The lowest BCUT2D eigenvalue weighted by Gasteiger charge is -2.29. The maximum atomic E-state index is 13.4. The molecule has 1 atom stereocenters. The highest BCUT2D eigenvalue weighted by atomic mass is 32.2. The lowest BCUT2D eigenvalue weighted by Crippen LogP contribution is -2.37. The zero-order valence-corrected chi connectivity index (χ0v) is 17.9. The number of oxime groups is 1. The fourth-order valence-corrected chi connectivity index (χ4v) is 5.13. The first-order valence-electron chi connectivity index (χ1n) is 10.2. The van der Waals surface area contributed by atoms with E-state index in [9.17, 15) is 17.6 Å². The number of sulfonamides is 1. The van der Waals surface area contributed by atoms with E-state index in [0.29, 0.717) is 36.0 Å². The van der Waals surface area contributed by atoms with Crippen LogP contribution in [0.15, 0.2) is 58.6 Å². The molecule has 2 aromatic carbocycles. The van der Waals surface area contributed by atoms with Crippen molar-refractivity contribution in [3.8, 4) is 0 Å². The van der Waals surface area contributed by atoms with Crippen LogP contribution in [-0.4, -0.2) is 43.5 Å². The Hall–Kier alpha value is -2.78. The molecular weight excluding hydrogens is 421 g/mol. The van der Waals surface area contributed by atoms with Gasteiger partial charge in [0.1, 0.15) is 5.82 Å². The molecule has 1 N–H and O–H groups in total. The smallest absolute Gasteiger partial charge is 0.268 e. The predicted octanol–water partition coefficient (Wildman–Crippen LogP) is 3.38. The monoisotopic (exact) mass is 445 g/mol. The summed E-state index contributed by atoms with van der Waals surface area (Å²) in [7, 11) is -3.54. The summed E-state index contributed by atoms with van der Waals surface area (Å²) in [6, 6.07) is 12.0. The van der Waals surface area contributed by atoms with Crippen molar-refractivity contribution < 1.29 is 22.4 Å². The first-order valence-corrected chi connectivity index (χ1v) is 11.7. The minimum absolute atomic E-state index is 0.203. The highest BCUT2D eigenvalue weighted by Crippen LogP contribution is 2.25. The van der Waals surface area contributed by atoms with Gasteiger partial charge in [-0.05, 0) is 55.2 Å². The molecule has 164 valence electrons. The zero-order valence-electron chi connectivity index (χ0n) is 17.1. The van der Waals surface area contributed by atoms with Crippen LogP contribution in [0.3, 0.4) is 0 Å². The quantitative estimate of drug-likeness (QED) is 0.764. The number of hydrogen-bond acceptors (Lipinski definition) is 5. The third-order valence-electron chi connectivity index (χ3n) is 5.62. The van der Waals surface area contributed by atoms with Crippen molar-refractivity contribution in [3.63, 3.8) is 0 Å². The van der Waals surface area contributed by atoms with Crippen LogP contribution in [0.5, 0.6) is 0 Å². The Labute approximate surface area is 180 Å². The van der Waals surface area contributed by atoms with Gasteiger partial charge in [-0.1, -0.05) is 24.2 Å². The van der Waals surface area contributed by atoms with Crippen molar-refractivity contribution in [3.05, 3.63) is 59.9 Å². The number of halogens is 1. The van der Waals surface area contributed by atoms with Crippen molar-refractivity contribution in [2.24, 2.45) is 11.1 Å². The standard InChI is InChI=1S/C22H24FN3O4S/c1-15-9-11-26(12-10-15)31(28,29)19-7-5-18(6-8-19)24-22(27)21-14-20(25-30-21)16-3-2-4-17(23)13-16/h2-8,13,15,21H,9-12,14H2,1H3,(H,24,27). The Morgan fingerprint density at radius 2 is 1.87 bits per heavy atom. The molecule has 0 radical (unpaired) electrons. The van der Waals surface area contributed by atoms with Crippen molar-refractivity contribution in [1.29, 1.82) is 0 Å². The normalized spacial score (nSPS) is 20.2. The Balaban J connectivity index is 1.37. The van der Waals surface area contributed by atoms with Crippen molar-refractivity contribution in [2.45, 2.75) is 37.2 Å². The SMILES string of the molecule is CC1CCN(S(=O)(=O)c2ccc(NC(=O)C3CC(c4cccc(F)c4)=NO3)cc2)CC1. The number of benzene rings is 2. The molecule has 1 saturated heterocycles. The third-order valence-corrected chi connectivity index (χ3v) is 7.53. The second kappa shape index (κ2) is 8.76. The molecule has 1 amide bonds. The van der Waals surface area contributed by atoms with Crippen LogP contribution in [0, 0.1) is 11.7 Å². The largest absolute Gasteiger partial charge is 0.382 e. The van der Waals surface area contributed by atoms with E-state index >= 15 is 0 Å². The second-order valence-electron chi connectivity index (χ2n) is 7.95. The van der Waals surface area contributed by atoms with E-state index in [-0.39, 0.29) is 17.1 Å². The summed E-state index contributed by atoms with van der Waals surface area (Å²) in [4.78, 5) is 17.9. The molecule has 2 heterocycles. The van der Waals surface area contributed by atoms with Gasteiger partial charge in [0, 0.05) is 30.8 Å². The summed E-state index contributed by atoms with van der Waals surface area (Å²) in [5, 5.41) is 6.61. The Morgan fingerprint density at radius 1 is 1.16 bits per heavy atom. The van der Waals surface area contributed by atoms with Gasteiger partial charge in [-0.3, -0.25) is 4.79 Å². The Bertz CT molecular complexity index is 1090. The van der Waals surface area contributed by atoms with Gasteiger partial charge in [-0.15, -0.1) is 0 Å². The zero-order chi connectivity index (χ0) is 22.0. The number of carbonyl (C=O) groups is 1. The fraction of sp³-hybridized carbons (Fsp3) is 0.364. The molecule has 2 aliphatic rings. The molecule has 1 fully saturated rings. The summed E-state index contributed by atoms with van der Waals surface area (Å²) in [5.74, 6) is -0.259. The van der Waals surface area contributed by atoms with Crippen molar-refractivity contribution in [1.82, 2.24) is 4.31 Å². The molecule has 9 heteroatoms. The van der Waals surface area contributed by atoms with Gasteiger partial charge in [0.25, 0.3) is 5.91 Å². The molecule has 2 aromatic rings. The molecule has 0 aliphatic carbocycles. The lowest BCUT2D eigenvalue weighted by atomic mass is 10.0. The fourth-order valence-electron chi connectivity index (χ4n) is 3.66. The number of amides is 1. The molecule has 4 rings (SSSR count). The van der Waals surface area contributed by atoms with E-state index in [1.54, 1.807) is 24.3 Å². The van der Waals surface area contributed by atoms with Crippen LogP contribution < -0.4 is 5.32 Å². The molecule has 2 aliphatic heterocycles. The van der Waals surface area contributed by atoms with Gasteiger partial charge in [0.05, 0.1) is 10.6 Å². The average molecular weight is 446 g/mol. The Morgan fingerprint density at radius 3 is 2.55 bits per heavy atom. The summed E-state index contributed by atoms with van der Waals surface area (Å²) in [6.45, 7) is 3.17. The molecule has 0 spiro atoms. The van der Waals surface area contributed by atoms with Crippen LogP contribution >= 0.6 is 0 Å². The maximum absolute atomic E-state index is 13.4. The summed E-state index contributed by atoms with van der Waals surface area (Å²) < 4.78 is 40.5. The number of hydrogen-bond donors (Lipinski definition) is 1. The van der Waals surface area contributed by atoms with E-state index in [1.807, 2.05) is 0 Å². The molecule has 31 heavy (non-hydrogen) atoms. The molecule has 1 unspecified atom stereocenters. The van der Waals surface area contributed by atoms with Gasteiger partial charge in [-0.25, -0.2) is 12.8 Å². The van der Waals surface area contributed by atoms with Gasteiger partial charge in [0.15, 0.2) is 0 Å². The van der Waals surface area contributed by atoms with Gasteiger partial charge < -0.3 is 10.2 Å². The van der Waals surface area contributed by atoms with E-state index in [0.717, 1.165) is 12.8 Å². The van der Waals surface area contributed by atoms with Crippen molar-refractivity contribution in [2.75, 3.05) is 18.4 Å². The van der Waals surface area contributed by atoms with Crippen LogP contribution in [0.2, 0.25) is 0 Å². The topological polar surface area (TPSA) is 88.1 Å². The van der Waals surface area contributed by atoms with Gasteiger partial charge in [-0.2, -0.15) is 4.31 Å². The summed E-state index contributed by atoms with van der Waals surface area (Å²) in [6.07, 6.45) is 1.09. The molecule has 7 nitrogen and oxygen atoms in total. The number of nitrogens with one attached hydrogen (secondary N) is 1. The molecule has 0 aromatic heterocycles. The highest BCUT2D eigenvalue weighted by Gasteiger charge is 2.30.